The van der Waals surface area contributed by atoms with E-state index in [1.165, 1.54) is 9.13 Å². The van der Waals surface area contributed by atoms with Crippen molar-refractivity contribution in [1.29, 1.82) is 0 Å². The van der Waals surface area contributed by atoms with Crippen molar-refractivity contribution in [3.8, 4) is 17.0 Å². The molecule has 0 spiro atoms. The fourth-order valence-electron chi connectivity index (χ4n) is 7.81. The number of methoxy groups -OCH3 is 1. The maximum atomic E-state index is 13.2. The second-order valence-electron chi connectivity index (χ2n) is 16.2. The average molecular weight is 814 g/mol. The Labute approximate surface area is 344 Å². The Kier molecular flexibility index (Phi) is 10.5. The van der Waals surface area contributed by atoms with Gasteiger partial charge in [-0.05, 0) is 67.3 Å². The molecule has 2 atom stereocenters. The molecule has 17 heteroatoms. The molecule has 0 aliphatic carbocycles. The molecule has 0 radical (unpaired) electrons. The molecule has 3 aromatic carbocycles. The first-order valence-corrected chi connectivity index (χ1v) is 19.8. The van der Waals surface area contributed by atoms with Crippen molar-refractivity contribution >= 4 is 56.4 Å². The van der Waals surface area contributed by atoms with Crippen molar-refractivity contribution in [3.05, 3.63) is 93.7 Å². The summed E-state index contributed by atoms with van der Waals surface area (Å²) in [6.45, 7) is 11.6. The van der Waals surface area contributed by atoms with Crippen LogP contribution in [-0.2, 0) is 28.6 Å². The number of carbonyl (C=O) groups is 3. The van der Waals surface area contributed by atoms with Gasteiger partial charge < -0.3 is 30.2 Å². The Morgan fingerprint density at radius 2 is 1.87 bits per heavy atom. The molecule has 0 saturated carbocycles. The van der Waals surface area contributed by atoms with Crippen LogP contribution in [-0.4, -0.2) is 72.1 Å². The fourth-order valence-corrected chi connectivity index (χ4v) is 7.81. The van der Waals surface area contributed by atoms with E-state index >= 15 is 0 Å². The molecule has 3 amide bonds. The van der Waals surface area contributed by atoms with Crippen LogP contribution in [0, 0.1) is 6.92 Å². The van der Waals surface area contributed by atoms with E-state index in [0.29, 0.717) is 47.9 Å². The molecular weight excluding hydrogens is 767 g/mol. The van der Waals surface area contributed by atoms with Crippen LogP contribution in [0.15, 0.2) is 64.2 Å². The van der Waals surface area contributed by atoms with E-state index in [1.807, 2.05) is 77.1 Å². The standard InChI is InChI=1S/C43H47N11O6/c1-22-16-25(9-10-26(22)23(2)48-39(57)40-51-41(52-60-40)43(3,4)5)36-35-27-18-33(59-7)29(19-28(27)49-37(35)47-21-46-36)45-15-14-44-20-24-8-11-30-32(17-24)53(6)42(58)54(30)31-12-13-34(55)50-38(31)56/h8-11,16-19,21,23,31,44-45H,12-15,20H2,1-7H3,(H,48,57)(H,46,47,49)(H,50,55,56)/t23-,31?/m1/s1. The Hall–Kier alpha value is -6.88. The maximum absolute atomic E-state index is 13.2. The zero-order valence-corrected chi connectivity index (χ0v) is 34.5. The summed E-state index contributed by atoms with van der Waals surface area (Å²) >= 11 is 0. The van der Waals surface area contributed by atoms with Crippen molar-refractivity contribution in [2.45, 2.75) is 71.5 Å². The first kappa shape index (κ1) is 39.9. The quantitative estimate of drug-likeness (QED) is 0.0805. The van der Waals surface area contributed by atoms with E-state index in [4.69, 9.17) is 14.2 Å². The molecule has 5 heterocycles. The number of fused-ring (bicyclic) bond motifs is 4. The van der Waals surface area contributed by atoms with Crippen LogP contribution in [0.5, 0.6) is 5.75 Å². The second-order valence-corrected chi connectivity index (χ2v) is 16.2. The fraction of sp³-hybridized carbons (Fsp3) is 0.349. The van der Waals surface area contributed by atoms with Crippen LogP contribution >= 0.6 is 0 Å². The minimum Gasteiger partial charge on any atom is -0.495 e. The molecule has 310 valence electrons. The number of hydrogen-bond acceptors (Lipinski definition) is 12. The van der Waals surface area contributed by atoms with Crippen LogP contribution in [0.2, 0.25) is 0 Å². The van der Waals surface area contributed by atoms with Gasteiger partial charge in [-0.15, -0.1) is 0 Å². The Bertz CT molecular complexity index is 2880. The van der Waals surface area contributed by atoms with Crippen molar-refractivity contribution < 1.29 is 23.6 Å². The van der Waals surface area contributed by atoms with E-state index in [9.17, 15) is 19.2 Å². The van der Waals surface area contributed by atoms with Crippen LogP contribution < -0.4 is 31.7 Å². The number of imide groups is 1. The minimum atomic E-state index is -0.725. The number of amides is 3. The highest BCUT2D eigenvalue weighted by molar-refractivity contribution is 6.13. The van der Waals surface area contributed by atoms with Gasteiger partial charge in [0.25, 0.3) is 0 Å². The number of rotatable bonds is 12. The predicted octanol–water partition coefficient (Wildman–Crippen LogP) is 5.10. The maximum Gasteiger partial charge on any atom is 0.329 e. The van der Waals surface area contributed by atoms with Gasteiger partial charge in [0.2, 0.25) is 11.8 Å². The third-order valence-corrected chi connectivity index (χ3v) is 11.0. The molecule has 4 aromatic heterocycles. The Morgan fingerprint density at radius 1 is 1.05 bits per heavy atom. The predicted molar refractivity (Wildman–Crippen MR) is 226 cm³/mol. The molecule has 1 saturated heterocycles. The van der Waals surface area contributed by atoms with E-state index in [1.54, 1.807) is 20.5 Å². The molecular formula is C43H47N11O6. The molecule has 1 aliphatic rings. The minimum absolute atomic E-state index is 0.0716. The number of H-pyrrole nitrogens is 1. The summed E-state index contributed by atoms with van der Waals surface area (Å²) in [6.07, 6.45) is 2.02. The SMILES string of the molecule is COc1cc2c(cc1NCCNCc1ccc3c(c1)n(C)c(=O)n3C1CCC(=O)NC1=O)[nH]c1ncnc(-c3ccc([C@@H](C)NC(=O)c4nc(C(C)(C)C)no4)c(C)c3)c12. The monoisotopic (exact) mass is 813 g/mol. The summed E-state index contributed by atoms with van der Waals surface area (Å²) in [5, 5.41) is 18.0. The summed E-state index contributed by atoms with van der Waals surface area (Å²) in [6, 6.07) is 14.7. The summed E-state index contributed by atoms with van der Waals surface area (Å²) in [7, 11) is 3.32. The number of nitrogens with one attached hydrogen (secondary N) is 5. The Morgan fingerprint density at radius 3 is 2.60 bits per heavy atom. The lowest BCUT2D eigenvalue weighted by atomic mass is 9.96. The zero-order valence-electron chi connectivity index (χ0n) is 34.5. The van der Waals surface area contributed by atoms with E-state index < -0.39 is 17.9 Å². The average Bonchev–Trinajstić information content (AvgIpc) is 3.92. The van der Waals surface area contributed by atoms with Gasteiger partial charge in [0, 0.05) is 49.5 Å². The highest BCUT2D eigenvalue weighted by Gasteiger charge is 2.31. The summed E-state index contributed by atoms with van der Waals surface area (Å²) in [5.41, 5.74) is 7.64. The third-order valence-electron chi connectivity index (χ3n) is 11.0. The number of imidazole rings is 1. The number of anilines is 1. The summed E-state index contributed by atoms with van der Waals surface area (Å²) in [5.74, 6) is -0.152. The van der Waals surface area contributed by atoms with Gasteiger partial charge in [0.15, 0.2) is 5.82 Å². The number of ether oxygens (including phenoxy) is 1. The van der Waals surface area contributed by atoms with Gasteiger partial charge in [0.1, 0.15) is 23.8 Å². The lowest BCUT2D eigenvalue weighted by Crippen LogP contribution is -2.44. The number of aromatic amines is 1. The molecule has 7 aromatic rings. The van der Waals surface area contributed by atoms with Gasteiger partial charge >= 0.3 is 17.5 Å². The highest BCUT2D eigenvalue weighted by atomic mass is 16.5. The van der Waals surface area contributed by atoms with Crippen molar-refractivity contribution in [3.63, 3.8) is 0 Å². The number of hydrogen-bond donors (Lipinski definition) is 5. The van der Waals surface area contributed by atoms with Crippen LogP contribution in [0.4, 0.5) is 5.69 Å². The van der Waals surface area contributed by atoms with Crippen LogP contribution in [0.1, 0.15) is 85.8 Å². The Balaban J connectivity index is 0.942. The molecule has 17 nitrogen and oxygen atoms in total. The lowest BCUT2D eigenvalue weighted by Gasteiger charge is -2.21. The third kappa shape index (κ3) is 7.47. The van der Waals surface area contributed by atoms with Crippen LogP contribution in [0.25, 0.3) is 44.2 Å². The topological polar surface area (TPSA) is 216 Å². The number of aromatic nitrogens is 7. The van der Waals surface area contributed by atoms with Gasteiger partial charge in [-0.2, -0.15) is 4.98 Å². The highest BCUT2D eigenvalue weighted by Crippen LogP contribution is 2.38. The molecule has 0 bridgehead atoms. The largest absolute Gasteiger partial charge is 0.495 e. The van der Waals surface area contributed by atoms with Crippen molar-refractivity contribution in [2.75, 3.05) is 25.5 Å². The van der Waals surface area contributed by atoms with Gasteiger partial charge in [-0.25, -0.2) is 14.8 Å². The smallest absolute Gasteiger partial charge is 0.329 e. The van der Waals surface area contributed by atoms with Crippen LogP contribution in [0.3, 0.4) is 0 Å². The zero-order chi connectivity index (χ0) is 42.5. The van der Waals surface area contributed by atoms with Gasteiger partial charge in [-0.1, -0.05) is 44.1 Å². The number of benzene rings is 3. The van der Waals surface area contributed by atoms with Crippen molar-refractivity contribution in [2.24, 2.45) is 7.05 Å². The van der Waals surface area contributed by atoms with E-state index in [-0.39, 0.29) is 41.8 Å². The lowest BCUT2D eigenvalue weighted by molar-refractivity contribution is -0.135. The first-order valence-electron chi connectivity index (χ1n) is 19.8. The number of nitrogens with zero attached hydrogens (tertiary/aromatic N) is 6. The molecule has 1 unspecified atom stereocenters. The molecule has 8 rings (SSSR count). The van der Waals surface area contributed by atoms with Crippen molar-refractivity contribution in [1.82, 2.24) is 50.2 Å². The number of carbonyl (C=O) groups excluding carboxylic acids is 3. The normalized spacial score (nSPS) is 15.2. The number of aryl methyl sites for hydroxylation is 2. The summed E-state index contributed by atoms with van der Waals surface area (Å²) in [4.78, 5) is 67.4. The second kappa shape index (κ2) is 15.7. The van der Waals surface area contributed by atoms with E-state index in [2.05, 4.69) is 47.4 Å². The molecule has 1 fully saturated rings. The molecule has 1 aliphatic heterocycles. The van der Waals surface area contributed by atoms with E-state index in [0.717, 1.165) is 49.9 Å². The number of piperidine rings is 1. The first-order chi connectivity index (χ1) is 28.7. The van der Waals surface area contributed by atoms with Gasteiger partial charge in [0.05, 0.1) is 46.5 Å². The summed E-state index contributed by atoms with van der Waals surface area (Å²) < 4.78 is 14.1. The molecule has 60 heavy (non-hydrogen) atoms. The van der Waals surface area contributed by atoms with Gasteiger partial charge in [-0.3, -0.25) is 28.8 Å². The molecule has 5 N–H and O–H groups in total.